The Labute approximate surface area is 124 Å². The van der Waals surface area contributed by atoms with Crippen LogP contribution in [0, 0.1) is 15.9 Å². The number of non-ortho nitro benzene ring substituents is 1. The minimum Gasteiger partial charge on any atom is -0.314 e. The van der Waals surface area contributed by atoms with Crippen LogP contribution in [0.15, 0.2) is 18.2 Å². The van der Waals surface area contributed by atoms with Gasteiger partial charge in [-0.25, -0.2) is 4.39 Å². The number of nitrogens with one attached hydrogen (secondary N) is 1. The fourth-order valence-corrected chi connectivity index (χ4v) is 2.83. The summed E-state index contributed by atoms with van der Waals surface area (Å²) < 4.78 is 14.2. The predicted octanol–water partition coefficient (Wildman–Crippen LogP) is 2.87. The maximum absolute atomic E-state index is 14.2. The van der Waals surface area contributed by atoms with Gasteiger partial charge >= 0.3 is 0 Å². The zero-order valence-electron chi connectivity index (χ0n) is 12.3. The Hall–Kier alpha value is -1.53. The summed E-state index contributed by atoms with van der Waals surface area (Å²) in [6.45, 7) is 5.53. The van der Waals surface area contributed by atoms with Crippen molar-refractivity contribution in [3.05, 3.63) is 39.7 Å². The summed E-state index contributed by atoms with van der Waals surface area (Å²) in [5.41, 5.74) is 0.419. The van der Waals surface area contributed by atoms with Crippen molar-refractivity contribution in [2.75, 3.05) is 26.2 Å². The molecule has 1 aromatic rings. The maximum atomic E-state index is 14.2. The molecule has 1 saturated heterocycles. The molecular formula is C15H22FN3O2. The first-order valence-electron chi connectivity index (χ1n) is 7.52. The van der Waals surface area contributed by atoms with Crippen LogP contribution in [0.25, 0.3) is 0 Å². The zero-order valence-corrected chi connectivity index (χ0v) is 12.3. The summed E-state index contributed by atoms with van der Waals surface area (Å²) in [6, 6.07) is 3.77. The van der Waals surface area contributed by atoms with E-state index < -0.39 is 4.92 Å². The second-order valence-corrected chi connectivity index (χ2v) is 5.41. The van der Waals surface area contributed by atoms with Gasteiger partial charge in [-0.2, -0.15) is 0 Å². The Bertz CT molecular complexity index is 490. The van der Waals surface area contributed by atoms with Gasteiger partial charge in [0, 0.05) is 49.9 Å². The number of rotatable bonds is 6. The highest BCUT2D eigenvalue weighted by atomic mass is 19.1. The molecule has 1 fully saturated rings. The number of unbranched alkanes of at least 4 members (excludes halogenated alkanes) is 1. The zero-order chi connectivity index (χ0) is 15.2. The molecule has 1 N–H and O–H groups in total. The van der Waals surface area contributed by atoms with Gasteiger partial charge in [0.1, 0.15) is 5.82 Å². The van der Waals surface area contributed by atoms with Crippen molar-refractivity contribution in [1.82, 2.24) is 10.2 Å². The highest BCUT2D eigenvalue weighted by molar-refractivity contribution is 5.37. The first-order valence-corrected chi connectivity index (χ1v) is 7.52. The predicted molar refractivity (Wildman–Crippen MR) is 79.8 cm³/mol. The number of piperazine rings is 1. The molecule has 21 heavy (non-hydrogen) atoms. The van der Waals surface area contributed by atoms with Gasteiger partial charge in [-0.15, -0.1) is 0 Å². The Morgan fingerprint density at radius 2 is 2.14 bits per heavy atom. The minimum atomic E-state index is -0.461. The molecule has 116 valence electrons. The van der Waals surface area contributed by atoms with E-state index >= 15 is 0 Å². The first kappa shape index (κ1) is 15.9. The quantitative estimate of drug-likeness (QED) is 0.647. The molecule has 1 atom stereocenters. The molecule has 0 spiro atoms. The monoisotopic (exact) mass is 295 g/mol. The molecular weight excluding hydrogens is 273 g/mol. The number of nitro benzene ring substituents is 1. The highest BCUT2D eigenvalue weighted by Gasteiger charge is 2.25. The molecule has 6 heteroatoms. The van der Waals surface area contributed by atoms with E-state index in [4.69, 9.17) is 0 Å². The van der Waals surface area contributed by atoms with Crippen LogP contribution in [-0.2, 0) is 0 Å². The van der Waals surface area contributed by atoms with Gasteiger partial charge in [0.25, 0.3) is 5.69 Å². The van der Waals surface area contributed by atoms with Crippen LogP contribution >= 0.6 is 0 Å². The lowest BCUT2D eigenvalue weighted by molar-refractivity contribution is -0.385. The lowest BCUT2D eigenvalue weighted by Crippen LogP contribution is -2.45. The molecule has 5 nitrogen and oxygen atoms in total. The largest absolute Gasteiger partial charge is 0.314 e. The van der Waals surface area contributed by atoms with E-state index in [1.54, 1.807) is 0 Å². The molecule has 1 aromatic carbocycles. The summed E-state index contributed by atoms with van der Waals surface area (Å²) >= 11 is 0. The van der Waals surface area contributed by atoms with Crippen molar-refractivity contribution in [1.29, 1.82) is 0 Å². The second-order valence-electron chi connectivity index (χ2n) is 5.41. The summed E-state index contributed by atoms with van der Waals surface area (Å²) in [7, 11) is 0. The summed E-state index contributed by atoms with van der Waals surface area (Å²) in [5.74, 6) is -0.347. The number of nitro groups is 1. The topological polar surface area (TPSA) is 58.4 Å². The van der Waals surface area contributed by atoms with Crippen LogP contribution in [0.3, 0.4) is 0 Å². The van der Waals surface area contributed by atoms with Crippen molar-refractivity contribution >= 4 is 5.69 Å². The Morgan fingerprint density at radius 1 is 1.43 bits per heavy atom. The van der Waals surface area contributed by atoms with Crippen molar-refractivity contribution < 1.29 is 9.31 Å². The third-order valence-corrected chi connectivity index (χ3v) is 3.97. The van der Waals surface area contributed by atoms with Crippen molar-refractivity contribution in [3.8, 4) is 0 Å². The Balaban J connectivity index is 2.30. The van der Waals surface area contributed by atoms with Gasteiger partial charge < -0.3 is 5.32 Å². The highest BCUT2D eigenvalue weighted by Crippen LogP contribution is 2.31. The Kier molecular flexibility index (Phi) is 5.64. The van der Waals surface area contributed by atoms with Gasteiger partial charge in [-0.05, 0) is 12.5 Å². The van der Waals surface area contributed by atoms with Crippen molar-refractivity contribution in [3.63, 3.8) is 0 Å². The van der Waals surface area contributed by atoms with E-state index in [1.807, 2.05) is 0 Å². The molecule has 0 bridgehead atoms. The normalized spacial score (nSPS) is 17.6. The van der Waals surface area contributed by atoms with Crippen LogP contribution < -0.4 is 5.32 Å². The van der Waals surface area contributed by atoms with Gasteiger partial charge in [0.05, 0.1) is 4.92 Å². The lowest BCUT2D eigenvalue weighted by Gasteiger charge is -2.35. The van der Waals surface area contributed by atoms with Crippen molar-refractivity contribution in [2.24, 2.45) is 0 Å². The minimum absolute atomic E-state index is 0.0389. The van der Waals surface area contributed by atoms with E-state index in [0.29, 0.717) is 5.56 Å². The van der Waals surface area contributed by atoms with E-state index in [-0.39, 0.29) is 17.5 Å². The second kappa shape index (κ2) is 7.47. The lowest BCUT2D eigenvalue weighted by atomic mass is 9.97. The molecule has 2 rings (SSSR count). The average Bonchev–Trinajstić information content (AvgIpc) is 2.50. The van der Waals surface area contributed by atoms with Gasteiger partial charge in [-0.1, -0.05) is 19.8 Å². The van der Waals surface area contributed by atoms with Gasteiger partial charge in [-0.3, -0.25) is 15.0 Å². The van der Waals surface area contributed by atoms with E-state index in [1.165, 1.54) is 18.2 Å². The molecule has 0 aromatic heterocycles. The fraction of sp³-hybridized carbons (Fsp3) is 0.600. The third-order valence-electron chi connectivity index (χ3n) is 3.97. The van der Waals surface area contributed by atoms with E-state index in [2.05, 4.69) is 17.1 Å². The number of nitrogens with zero attached hydrogens (tertiary/aromatic N) is 2. The van der Waals surface area contributed by atoms with Crippen LogP contribution in [0.2, 0.25) is 0 Å². The van der Waals surface area contributed by atoms with Gasteiger partial charge in [0.2, 0.25) is 0 Å². The molecule has 0 radical (unpaired) electrons. The third kappa shape index (κ3) is 3.98. The van der Waals surface area contributed by atoms with E-state index in [0.717, 1.165) is 45.4 Å². The SMILES string of the molecule is CCCC[C@H](c1cc([N+](=O)[O-])ccc1F)N1CCNCC1. The number of hydrogen-bond acceptors (Lipinski definition) is 4. The fourth-order valence-electron chi connectivity index (χ4n) is 2.83. The molecule has 1 heterocycles. The van der Waals surface area contributed by atoms with Crippen molar-refractivity contribution in [2.45, 2.75) is 32.2 Å². The standard InChI is InChI=1S/C15H22FN3O2/c1-2-3-4-15(18-9-7-17-8-10-18)13-11-12(19(20)21)5-6-14(13)16/h5-6,11,15,17H,2-4,7-10H2,1H3/t15-/m1/s1. The number of benzene rings is 1. The number of halogens is 1. The smallest absolute Gasteiger partial charge is 0.269 e. The van der Waals surface area contributed by atoms with Crippen LogP contribution in [0.4, 0.5) is 10.1 Å². The molecule has 0 amide bonds. The molecule has 0 unspecified atom stereocenters. The molecule has 1 aliphatic rings. The van der Waals surface area contributed by atoms with Gasteiger partial charge in [0.15, 0.2) is 0 Å². The summed E-state index contributed by atoms with van der Waals surface area (Å²) in [5, 5.41) is 14.2. The first-order chi connectivity index (χ1) is 10.1. The maximum Gasteiger partial charge on any atom is 0.269 e. The van der Waals surface area contributed by atoms with E-state index in [9.17, 15) is 14.5 Å². The molecule has 1 aliphatic heterocycles. The molecule has 0 aliphatic carbocycles. The van der Waals surface area contributed by atoms with Crippen LogP contribution in [0.1, 0.15) is 37.8 Å². The van der Waals surface area contributed by atoms with Crippen LogP contribution in [-0.4, -0.2) is 36.0 Å². The summed E-state index contributed by atoms with van der Waals surface area (Å²) in [4.78, 5) is 12.7. The average molecular weight is 295 g/mol. The molecule has 0 saturated carbocycles. The Morgan fingerprint density at radius 3 is 2.76 bits per heavy atom. The number of hydrogen-bond donors (Lipinski definition) is 1. The van der Waals surface area contributed by atoms with Crippen LogP contribution in [0.5, 0.6) is 0 Å². The summed E-state index contributed by atoms with van der Waals surface area (Å²) in [6.07, 6.45) is 2.84.